The van der Waals surface area contributed by atoms with Gasteiger partial charge in [-0.3, -0.25) is 9.78 Å². The number of ether oxygens (including phenoxy) is 1. The summed E-state index contributed by atoms with van der Waals surface area (Å²) in [6.07, 6.45) is 1.70. The van der Waals surface area contributed by atoms with Crippen LogP contribution in [0.3, 0.4) is 0 Å². The SMILES string of the molecule is CCCc1cc(-c2nc(-c3cc(C)c(OCC(O)CNC(=O)CO)c(CC)c3)no2)cc(C)n1. The van der Waals surface area contributed by atoms with Crippen molar-refractivity contribution < 1.29 is 24.3 Å². The number of aliphatic hydroxyl groups is 2. The fraction of sp³-hybridized carbons (Fsp3) is 0.440. The van der Waals surface area contributed by atoms with Crippen LogP contribution in [-0.4, -0.2) is 57.1 Å². The molecule has 1 atom stereocenters. The molecule has 0 aliphatic rings. The third kappa shape index (κ3) is 6.39. The van der Waals surface area contributed by atoms with Crippen molar-refractivity contribution in [2.24, 2.45) is 0 Å². The van der Waals surface area contributed by atoms with Gasteiger partial charge in [0, 0.05) is 29.1 Å². The Hall–Kier alpha value is -3.30. The summed E-state index contributed by atoms with van der Waals surface area (Å²) in [4.78, 5) is 20.3. The highest BCUT2D eigenvalue weighted by Gasteiger charge is 2.17. The molecule has 0 radical (unpaired) electrons. The van der Waals surface area contributed by atoms with E-state index >= 15 is 0 Å². The first kappa shape index (κ1) is 25.3. The van der Waals surface area contributed by atoms with Crippen molar-refractivity contribution >= 4 is 5.91 Å². The van der Waals surface area contributed by atoms with E-state index in [1.54, 1.807) is 0 Å². The molecule has 0 saturated heterocycles. The predicted molar refractivity (Wildman–Crippen MR) is 127 cm³/mol. The average molecular weight is 469 g/mol. The quantitative estimate of drug-likeness (QED) is 0.392. The normalized spacial score (nSPS) is 11.9. The second-order valence-electron chi connectivity index (χ2n) is 8.22. The van der Waals surface area contributed by atoms with Gasteiger partial charge in [0.15, 0.2) is 0 Å². The largest absolute Gasteiger partial charge is 0.490 e. The van der Waals surface area contributed by atoms with Gasteiger partial charge in [-0.25, -0.2) is 0 Å². The zero-order valence-electron chi connectivity index (χ0n) is 20.1. The number of aromatic nitrogens is 3. The van der Waals surface area contributed by atoms with Gasteiger partial charge in [-0.05, 0) is 62.1 Å². The van der Waals surface area contributed by atoms with E-state index < -0.39 is 18.6 Å². The topological polar surface area (TPSA) is 131 Å². The van der Waals surface area contributed by atoms with Crippen LogP contribution >= 0.6 is 0 Å². The number of carbonyl (C=O) groups is 1. The Morgan fingerprint density at radius 1 is 1.15 bits per heavy atom. The maximum absolute atomic E-state index is 11.1. The van der Waals surface area contributed by atoms with Crippen molar-refractivity contribution in [1.82, 2.24) is 20.4 Å². The van der Waals surface area contributed by atoms with Crippen LogP contribution in [-0.2, 0) is 17.6 Å². The minimum Gasteiger partial charge on any atom is -0.490 e. The lowest BCUT2D eigenvalue weighted by Gasteiger charge is -2.17. The predicted octanol–water partition coefficient (Wildman–Crippen LogP) is 2.78. The van der Waals surface area contributed by atoms with E-state index in [1.807, 2.05) is 45.0 Å². The molecule has 0 saturated carbocycles. The zero-order valence-corrected chi connectivity index (χ0v) is 20.1. The highest BCUT2D eigenvalue weighted by molar-refractivity contribution is 5.76. The molecule has 34 heavy (non-hydrogen) atoms. The van der Waals surface area contributed by atoms with Gasteiger partial charge in [0.25, 0.3) is 5.89 Å². The van der Waals surface area contributed by atoms with Crippen LogP contribution in [0.4, 0.5) is 0 Å². The number of hydrogen-bond acceptors (Lipinski definition) is 8. The maximum Gasteiger partial charge on any atom is 0.258 e. The van der Waals surface area contributed by atoms with Crippen LogP contribution in [0.1, 0.15) is 42.8 Å². The Morgan fingerprint density at radius 3 is 2.65 bits per heavy atom. The average Bonchev–Trinajstić information content (AvgIpc) is 3.31. The molecule has 0 spiro atoms. The van der Waals surface area contributed by atoms with E-state index in [4.69, 9.17) is 14.4 Å². The first-order valence-electron chi connectivity index (χ1n) is 11.5. The van der Waals surface area contributed by atoms with E-state index in [9.17, 15) is 9.90 Å². The van der Waals surface area contributed by atoms with Gasteiger partial charge < -0.3 is 24.8 Å². The molecule has 182 valence electrons. The molecule has 2 heterocycles. The number of nitrogens with one attached hydrogen (secondary N) is 1. The monoisotopic (exact) mass is 468 g/mol. The van der Waals surface area contributed by atoms with Gasteiger partial charge in [0.05, 0.1) is 0 Å². The number of benzene rings is 1. The second kappa shape index (κ2) is 11.7. The fourth-order valence-electron chi connectivity index (χ4n) is 3.67. The fourth-order valence-corrected chi connectivity index (χ4v) is 3.67. The molecule has 3 rings (SSSR count). The molecule has 1 aromatic carbocycles. The smallest absolute Gasteiger partial charge is 0.258 e. The molecule has 1 amide bonds. The summed E-state index contributed by atoms with van der Waals surface area (Å²) in [6.45, 7) is 7.39. The van der Waals surface area contributed by atoms with Crippen LogP contribution in [0.2, 0.25) is 0 Å². The molecule has 0 aliphatic carbocycles. The molecule has 3 N–H and O–H groups in total. The van der Waals surface area contributed by atoms with Crippen molar-refractivity contribution in [1.29, 1.82) is 0 Å². The number of pyridine rings is 1. The number of amides is 1. The van der Waals surface area contributed by atoms with Crippen LogP contribution < -0.4 is 10.1 Å². The lowest BCUT2D eigenvalue weighted by Crippen LogP contribution is -2.36. The number of hydrogen-bond donors (Lipinski definition) is 3. The number of aliphatic hydroxyl groups excluding tert-OH is 2. The molecule has 2 aromatic heterocycles. The molecular weight excluding hydrogens is 436 g/mol. The molecule has 0 fully saturated rings. The Kier molecular flexibility index (Phi) is 8.72. The minimum atomic E-state index is -0.902. The Morgan fingerprint density at radius 2 is 1.94 bits per heavy atom. The first-order chi connectivity index (χ1) is 16.3. The Balaban J connectivity index is 1.78. The first-order valence-corrected chi connectivity index (χ1v) is 11.5. The second-order valence-corrected chi connectivity index (χ2v) is 8.22. The number of nitrogens with zero attached hydrogens (tertiary/aromatic N) is 3. The lowest BCUT2D eigenvalue weighted by atomic mass is 10.0. The Bertz CT molecular complexity index is 1130. The van der Waals surface area contributed by atoms with Gasteiger partial charge in [-0.2, -0.15) is 4.98 Å². The minimum absolute atomic E-state index is 0.00191. The van der Waals surface area contributed by atoms with Gasteiger partial charge in [0.2, 0.25) is 11.7 Å². The van der Waals surface area contributed by atoms with E-state index in [1.165, 1.54) is 0 Å². The zero-order chi connectivity index (χ0) is 24.7. The molecule has 0 aliphatic heterocycles. The van der Waals surface area contributed by atoms with E-state index in [-0.39, 0.29) is 13.2 Å². The van der Waals surface area contributed by atoms with Crippen molar-refractivity contribution in [3.05, 3.63) is 46.8 Å². The molecule has 9 heteroatoms. The van der Waals surface area contributed by atoms with E-state index in [0.717, 1.165) is 46.5 Å². The van der Waals surface area contributed by atoms with Crippen LogP contribution in [0.25, 0.3) is 22.8 Å². The van der Waals surface area contributed by atoms with Crippen LogP contribution in [0.15, 0.2) is 28.8 Å². The third-order valence-corrected chi connectivity index (χ3v) is 5.27. The van der Waals surface area contributed by atoms with Gasteiger partial charge >= 0.3 is 0 Å². The van der Waals surface area contributed by atoms with Gasteiger partial charge in [-0.1, -0.05) is 25.4 Å². The highest BCUT2D eigenvalue weighted by Crippen LogP contribution is 2.31. The number of carbonyl (C=O) groups excluding carboxylic acids is 1. The van der Waals surface area contributed by atoms with Gasteiger partial charge in [0.1, 0.15) is 25.1 Å². The molecular formula is C25H32N4O5. The van der Waals surface area contributed by atoms with Crippen LogP contribution in [0, 0.1) is 13.8 Å². The number of aryl methyl sites for hydroxylation is 4. The van der Waals surface area contributed by atoms with Crippen molar-refractivity contribution in [2.75, 3.05) is 19.8 Å². The molecule has 3 aromatic rings. The van der Waals surface area contributed by atoms with E-state index in [2.05, 4.69) is 27.4 Å². The summed E-state index contributed by atoms with van der Waals surface area (Å²) in [5.41, 5.74) is 5.39. The van der Waals surface area contributed by atoms with Gasteiger partial charge in [-0.15, -0.1) is 0 Å². The van der Waals surface area contributed by atoms with Crippen molar-refractivity contribution in [3.8, 4) is 28.6 Å². The summed E-state index contributed by atoms with van der Waals surface area (Å²) < 4.78 is 11.4. The summed E-state index contributed by atoms with van der Waals surface area (Å²) in [6, 6.07) is 7.80. The summed E-state index contributed by atoms with van der Waals surface area (Å²) >= 11 is 0. The van der Waals surface area contributed by atoms with Crippen LogP contribution in [0.5, 0.6) is 5.75 Å². The van der Waals surface area contributed by atoms with Crippen molar-refractivity contribution in [2.45, 2.75) is 53.1 Å². The molecule has 0 bridgehead atoms. The van der Waals surface area contributed by atoms with Crippen molar-refractivity contribution in [3.63, 3.8) is 0 Å². The Labute approximate surface area is 199 Å². The standard InChI is InChI=1S/C25H32N4O5/c1-5-7-20-11-19(9-16(4)27-20)25-28-24(29-34-25)18-8-15(3)23(17(6-2)10-18)33-14-21(31)12-26-22(32)13-30/h8-11,21,30-31H,5-7,12-14H2,1-4H3,(H,26,32). The maximum atomic E-state index is 11.1. The van der Waals surface area contributed by atoms with E-state index in [0.29, 0.717) is 23.9 Å². The molecule has 1 unspecified atom stereocenters. The molecule has 9 nitrogen and oxygen atoms in total. The lowest BCUT2D eigenvalue weighted by molar-refractivity contribution is -0.124. The highest BCUT2D eigenvalue weighted by atomic mass is 16.5. The summed E-state index contributed by atoms with van der Waals surface area (Å²) in [5.74, 6) is 1.06. The summed E-state index contributed by atoms with van der Waals surface area (Å²) in [5, 5.41) is 25.4. The summed E-state index contributed by atoms with van der Waals surface area (Å²) in [7, 11) is 0. The third-order valence-electron chi connectivity index (χ3n) is 5.27. The number of rotatable bonds is 11.